The Kier molecular flexibility index (Phi) is 7.61. The normalized spacial score (nSPS) is 11.7. The Morgan fingerprint density at radius 2 is 0.542 bits per heavy atom. The van der Waals surface area contributed by atoms with Crippen molar-refractivity contribution in [1.82, 2.24) is 0 Å². The minimum absolute atomic E-state index is 1.10. The van der Waals surface area contributed by atoms with Gasteiger partial charge in [0.2, 0.25) is 0 Å². The van der Waals surface area contributed by atoms with Gasteiger partial charge in [0, 0.05) is 17.1 Å². The Hall–Kier alpha value is -7.74. The van der Waals surface area contributed by atoms with Crippen LogP contribution in [0.5, 0.6) is 0 Å². The lowest BCUT2D eigenvalue weighted by Gasteiger charge is -2.26. The van der Waals surface area contributed by atoms with Crippen LogP contribution in [-0.2, 0) is 0 Å². The van der Waals surface area contributed by atoms with Crippen molar-refractivity contribution in [3.63, 3.8) is 0 Å². The minimum atomic E-state index is 1.10. The molecule has 12 rings (SSSR count). The van der Waals surface area contributed by atoms with E-state index in [4.69, 9.17) is 0 Å². The molecule has 0 aliphatic rings. The summed E-state index contributed by atoms with van der Waals surface area (Å²) in [6, 6.07) is 82.6. The molecule has 0 bridgehead atoms. The topological polar surface area (TPSA) is 3.24 Å². The number of hydrogen-bond acceptors (Lipinski definition) is 1. The predicted molar refractivity (Wildman–Crippen MR) is 254 cm³/mol. The summed E-state index contributed by atoms with van der Waals surface area (Å²) < 4.78 is 0. The summed E-state index contributed by atoms with van der Waals surface area (Å²) in [6.07, 6.45) is 0. The largest absolute Gasteiger partial charge is 0.311 e. The second-order valence-corrected chi connectivity index (χ2v) is 15.7. The average Bonchev–Trinajstić information content (AvgIpc) is 3.31. The van der Waals surface area contributed by atoms with E-state index in [1.807, 2.05) is 0 Å². The number of nitrogens with zero attached hydrogens (tertiary/aromatic N) is 1. The third-order valence-corrected chi connectivity index (χ3v) is 12.3. The van der Waals surface area contributed by atoms with Gasteiger partial charge in [0.25, 0.3) is 0 Å². The molecule has 12 aromatic carbocycles. The summed E-state index contributed by atoms with van der Waals surface area (Å²) in [7, 11) is 0. The highest BCUT2D eigenvalue weighted by Gasteiger charge is 2.18. The van der Waals surface area contributed by atoms with Crippen LogP contribution in [0.2, 0.25) is 0 Å². The van der Waals surface area contributed by atoms with Crippen molar-refractivity contribution in [3.8, 4) is 33.4 Å². The van der Waals surface area contributed by atoms with Crippen LogP contribution in [0.3, 0.4) is 0 Å². The van der Waals surface area contributed by atoms with Crippen LogP contribution in [0, 0.1) is 0 Å². The van der Waals surface area contributed by atoms with Crippen molar-refractivity contribution < 1.29 is 0 Å². The molecule has 274 valence electrons. The van der Waals surface area contributed by atoms with E-state index in [-0.39, 0.29) is 0 Å². The highest BCUT2D eigenvalue weighted by Crippen LogP contribution is 2.45. The van der Waals surface area contributed by atoms with Crippen LogP contribution >= 0.6 is 0 Å². The van der Waals surface area contributed by atoms with Crippen molar-refractivity contribution in [1.29, 1.82) is 0 Å². The number of hydrogen-bond donors (Lipinski definition) is 0. The van der Waals surface area contributed by atoms with Gasteiger partial charge in [-0.05, 0) is 147 Å². The first kappa shape index (κ1) is 33.4. The molecular weight excluding hydrogens is 711 g/mol. The molecule has 1 heteroatoms. The quantitative estimate of drug-likeness (QED) is 0.153. The van der Waals surface area contributed by atoms with Gasteiger partial charge in [0.15, 0.2) is 0 Å². The fourth-order valence-electron chi connectivity index (χ4n) is 9.57. The second-order valence-electron chi connectivity index (χ2n) is 15.7. The van der Waals surface area contributed by atoms with E-state index in [1.54, 1.807) is 0 Å². The smallest absolute Gasteiger partial charge is 0.0462 e. The SMILES string of the molecule is c1ccc(-c2ccc(N(c3ccc(-c4ccccc4)cc3)c3ccc(-c4cc5ccc6cccc7c8cccc9ccc%10cccc(c(c4)c5c67)c%10c98)cc3)cc2)cc1. The van der Waals surface area contributed by atoms with Crippen LogP contribution in [0.15, 0.2) is 224 Å². The van der Waals surface area contributed by atoms with E-state index in [9.17, 15) is 0 Å². The number of anilines is 3. The molecule has 1 nitrogen and oxygen atoms in total. The monoisotopic (exact) mass is 747 g/mol. The molecule has 0 saturated heterocycles. The molecule has 0 atom stereocenters. The predicted octanol–water partition coefficient (Wildman–Crippen LogP) is 16.5. The highest BCUT2D eigenvalue weighted by molar-refractivity contribution is 6.37. The van der Waals surface area contributed by atoms with Gasteiger partial charge in [-0.3, -0.25) is 0 Å². The zero-order valence-corrected chi connectivity index (χ0v) is 32.3. The van der Waals surface area contributed by atoms with Crippen LogP contribution in [0.25, 0.3) is 98.0 Å². The molecule has 0 saturated carbocycles. The maximum atomic E-state index is 2.44. The van der Waals surface area contributed by atoms with Crippen LogP contribution in [0.4, 0.5) is 17.1 Å². The molecule has 0 unspecified atom stereocenters. The highest BCUT2D eigenvalue weighted by atomic mass is 15.1. The van der Waals surface area contributed by atoms with Gasteiger partial charge in [-0.15, -0.1) is 0 Å². The molecular formula is C58H37N. The molecule has 0 aliphatic carbocycles. The van der Waals surface area contributed by atoms with Crippen molar-refractivity contribution in [3.05, 3.63) is 224 Å². The third-order valence-electron chi connectivity index (χ3n) is 12.3. The van der Waals surface area contributed by atoms with E-state index in [0.29, 0.717) is 0 Å². The molecule has 0 spiro atoms. The number of rotatable bonds is 6. The van der Waals surface area contributed by atoms with Gasteiger partial charge in [-0.2, -0.15) is 0 Å². The maximum Gasteiger partial charge on any atom is 0.0462 e. The first-order valence-corrected chi connectivity index (χ1v) is 20.4. The number of benzene rings is 11. The van der Waals surface area contributed by atoms with Crippen molar-refractivity contribution >= 4 is 81.7 Å². The summed E-state index contributed by atoms with van der Waals surface area (Å²) in [5.74, 6) is 0. The lowest BCUT2D eigenvalue weighted by atomic mass is 9.86. The Bertz CT molecular complexity index is 3410. The third kappa shape index (κ3) is 5.47. The van der Waals surface area contributed by atoms with E-state index < -0.39 is 0 Å². The molecule has 0 heterocycles. The molecule has 0 aromatic heterocycles. The zero-order valence-electron chi connectivity index (χ0n) is 32.3. The van der Waals surface area contributed by atoms with Gasteiger partial charge in [0.05, 0.1) is 0 Å². The molecule has 59 heavy (non-hydrogen) atoms. The van der Waals surface area contributed by atoms with Gasteiger partial charge >= 0.3 is 0 Å². The summed E-state index contributed by atoms with van der Waals surface area (Å²) in [5.41, 5.74) is 10.5. The second kappa shape index (κ2) is 13.4. The Morgan fingerprint density at radius 1 is 0.203 bits per heavy atom. The van der Waals surface area contributed by atoms with E-state index in [0.717, 1.165) is 17.1 Å². The lowest BCUT2D eigenvalue weighted by molar-refractivity contribution is 1.28. The summed E-state index contributed by atoms with van der Waals surface area (Å²) in [6.45, 7) is 0. The van der Waals surface area contributed by atoms with Crippen molar-refractivity contribution in [2.75, 3.05) is 4.90 Å². The summed E-state index contributed by atoms with van der Waals surface area (Å²) in [5, 5.41) is 15.5. The summed E-state index contributed by atoms with van der Waals surface area (Å²) >= 11 is 0. The Labute approximate surface area is 343 Å². The fraction of sp³-hybridized carbons (Fsp3) is 0. The minimum Gasteiger partial charge on any atom is -0.311 e. The molecule has 0 radical (unpaired) electrons. The fourth-order valence-corrected chi connectivity index (χ4v) is 9.57. The first-order chi connectivity index (χ1) is 29.2. The van der Waals surface area contributed by atoms with Gasteiger partial charge < -0.3 is 4.90 Å². The number of fused-ring (bicyclic) bond motifs is 2. The summed E-state index contributed by atoms with van der Waals surface area (Å²) in [4.78, 5) is 2.36. The standard InChI is InChI=1S/C58H37N/c1-3-10-38(11-4-1)40-24-30-48(31-25-40)59(49-32-26-41(27-33-49)39-12-5-2-6-13-39)50-34-28-42(29-35-50)47-36-46-23-22-45-15-8-18-52-51-17-7-14-43-20-21-44-16-9-19-53(57(44)55(43)51)54(37-47)58(46)56(45)52/h1-37H. The van der Waals surface area contributed by atoms with Crippen molar-refractivity contribution in [2.24, 2.45) is 0 Å². The van der Waals surface area contributed by atoms with E-state index in [1.165, 1.54) is 98.0 Å². The van der Waals surface area contributed by atoms with Gasteiger partial charge in [-0.1, -0.05) is 176 Å². The van der Waals surface area contributed by atoms with Crippen LogP contribution < -0.4 is 4.90 Å². The van der Waals surface area contributed by atoms with Crippen LogP contribution in [-0.4, -0.2) is 0 Å². The first-order valence-electron chi connectivity index (χ1n) is 20.4. The molecule has 12 aromatic rings. The van der Waals surface area contributed by atoms with Crippen molar-refractivity contribution in [2.45, 2.75) is 0 Å². The zero-order chi connectivity index (χ0) is 38.9. The lowest BCUT2D eigenvalue weighted by Crippen LogP contribution is -2.09. The molecule has 0 aliphatic heterocycles. The van der Waals surface area contributed by atoms with E-state index in [2.05, 4.69) is 229 Å². The molecule has 0 fully saturated rings. The average molecular weight is 748 g/mol. The Balaban J connectivity index is 1.03. The van der Waals surface area contributed by atoms with E-state index >= 15 is 0 Å². The van der Waals surface area contributed by atoms with Gasteiger partial charge in [0.1, 0.15) is 0 Å². The van der Waals surface area contributed by atoms with Gasteiger partial charge in [-0.25, -0.2) is 0 Å². The van der Waals surface area contributed by atoms with Crippen LogP contribution in [0.1, 0.15) is 0 Å². The maximum absolute atomic E-state index is 2.44. The Morgan fingerprint density at radius 3 is 0.966 bits per heavy atom. The molecule has 0 N–H and O–H groups in total. The molecule has 0 amide bonds.